The van der Waals surface area contributed by atoms with Crippen LogP contribution < -0.4 is 5.32 Å². The standard InChI is InChI=1S/C10H18N2/c1-9(10-2-3-10)8-12-6-4-11-5-7-12/h10-11H,1-8H2. The molecule has 0 bridgehead atoms. The summed E-state index contributed by atoms with van der Waals surface area (Å²) in [5, 5.41) is 3.36. The van der Waals surface area contributed by atoms with Crippen LogP contribution in [-0.2, 0) is 0 Å². The molecule has 0 aromatic heterocycles. The minimum atomic E-state index is 0.875. The SMILES string of the molecule is C=C(CN1CCNCC1)C1CC1. The van der Waals surface area contributed by atoms with Crippen LogP contribution in [-0.4, -0.2) is 37.6 Å². The van der Waals surface area contributed by atoms with Crippen molar-refractivity contribution in [2.24, 2.45) is 5.92 Å². The lowest BCUT2D eigenvalue weighted by Crippen LogP contribution is -2.44. The van der Waals surface area contributed by atoms with Gasteiger partial charge in [-0.05, 0) is 18.8 Å². The van der Waals surface area contributed by atoms with Gasteiger partial charge in [0.15, 0.2) is 0 Å². The Bertz CT molecular complexity index is 167. The fraction of sp³-hybridized carbons (Fsp3) is 0.800. The first-order chi connectivity index (χ1) is 5.86. The molecule has 0 aromatic rings. The van der Waals surface area contributed by atoms with Crippen molar-refractivity contribution in [3.05, 3.63) is 12.2 Å². The van der Waals surface area contributed by atoms with Crippen LogP contribution in [0.15, 0.2) is 12.2 Å². The molecule has 1 saturated heterocycles. The lowest BCUT2D eigenvalue weighted by molar-refractivity contribution is 0.257. The normalized spacial score (nSPS) is 25.7. The van der Waals surface area contributed by atoms with Crippen molar-refractivity contribution in [3.63, 3.8) is 0 Å². The molecular weight excluding hydrogens is 148 g/mol. The maximum absolute atomic E-state index is 4.15. The number of piperazine rings is 1. The predicted molar refractivity (Wildman–Crippen MR) is 51.2 cm³/mol. The highest BCUT2D eigenvalue weighted by Gasteiger charge is 2.25. The summed E-state index contributed by atoms with van der Waals surface area (Å²) in [6.45, 7) is 10.00. The Hall–Kier alpha value is -0.340. The summed E-state index contributed by atoms with van der Waals surface area (Å²) in [5.74, 6) is 0.875. The van der Waals surface area contributed by atoms with Crippen LogP contribution in [0.2, 0.25) is 0 Å². The fourth-order valence-electron chi connectivity index (χ4n) is 1.78. The zero-order valence-corrected chi connectivity index (χ0v) is 7.68. The van der Waals surface area contributed by atoms with Crippen LogP contribution in [0, 0.1) is 5.92 Å². The number of nitrogens with zero attached hydrogens (tertiary/aromatic N) is 1. The van der Waals surface area contributed by atoms with Gasteiger partial charge >= 0.3 is 0 Å². The van der Waals surface area contributed by atoms with E-state index < -0.39 is 0 Å². The Morgan fingerprint density at radius 3 is 2.58 bits per heavy atom. The Labute approximate surface area is 74.6 Å². The quantitative estimate of drug-likeness (QED) is 0.626. The van der Waals surface area contributed by atoms with Crippen molar-refractivity contribution in [2.45, 2.75) is 12.8 Å². The Morgan fingerprint density at radius 2 is 2.00 bits per heavy atom. The van der Waals surface area contributed by atoms with Crippen LogP contribution in [0.4, 0.5) is 0 Å². The predicted octanol–water partition coefficient (Wildman–Crippen LogP) is 0.858. The zero-order valence-electron chi connectivity index (χ0n) is 7.68. The van der Waals surface area contributed by atoms with Crippen LogP contribution in [0.3, 0.4) is 0 Å². The molecule has 2 aliphatic rings. The molecule has 0 spiro atoms. The maximum atomic E-state index is 4.15. The second-order valence-electron chi connectivity index (χ2n) is 3.96. The van der Waals surface area contributed by atoms with Gasteiger partial charge in [-0.15, -0.1) is 0 Å². The Kier molecular flexibility index (Phi) is 2.47. The average Bonchev–Trinajstić information content (AvgIpc) is 2.88. The highest BCUT2D eigenvalue weighted by atomic mass is 15.2. The summed E-state index contributed by atoms with van der Waals surface area (Å²) in [6, 6.07) is 0. The van der Waals surface area contributed by atoms with Gasteiger partial charge in [-0.3, -0.25) is 4.90 Å². The Morgan fingerprint density at radius 1 is 1.33 bits per heavy atom. The Balaban J connectivity index is 1.73. The molecule has 2 nitrogen and oxygen atoms in total. The van der Waals surface area contributed by atoms with Crippen molar-refractivity contribution >= 4 is 0 Å². The molecule has 0 atom stereocenters. The molecule has 1 saturated carbocycles. The lowest BCUT2D eigenvalue weighted by Gasteiger charge is -2.27. The van der Waals surface area contributed by atoms with Gasteiger partial charge in [-0.25, -0.2) is 0 Å². The smallest absolute Gasteiger partial charge is 0.0194 e. The van der Waals surface area contributed by atoms with Crippen molar-refractivity contribution in [2.75, 3.05) is 32.7 Å². The van der Waals surface area contributed by atoms with Crippen molar-refractivity contribution in [1.29, 1.82) is 0 Å². The zero-order chi connectivity index (χ0) is 8.39. The molecule has 1 heterocycles. The molecule has 2 rings (SSSR count). The van der Waals surface area contributed by atoms with Crippen LogP contribution in [0.25, 0.3) is 0 Å². The van der Waals surface area contributed by atoms with E-state index in [2.05, 4.69) is 16.8 Å². The van der Waals surface area contributed by atoms with E-state index in [0.29, 0.717) is 0 Å². The number of hydrogen-bond donors (Lipinski definition) is 1. The average molecular weight is 166 g/mol. The molecule has 0 radical (unpaired) electrons. The minimum Gasteiger partial charge on any atom is -0.314 e. The highest BCUT2D eigenvalue weighted by molar-refractivity contribution is 5.09. The first-order valence-corrected chi connectivity index (χ1v) is 4.97. The molecule has 0 aromatic carbocycles. The van der Waals surface area contributed by atoms with E-state index in [1.54, 1.807) is 0 Å². The summed E-state index contributed by atoms with van der Waals surface area (Å²) in [4.78, 5) is 2.51. The third kappa shape index (κ3) is 2.08. The van der Waals surface area contributed by atoms with Gasteiger partial charge in [-0.1, -0.05) is 12.2 Å². The second-order valence-corrected chi connectivity index (χ2v) is 3.96. The monoisotopic (exact) mass is 166 g/mol. The largest absolute Gasteiger partial charge is 0.314 e. The summed E-state index contributed by atoms with van der Waals surface area (Å²) in [6.07, 6.45) is 2.79. The van der Waals surface area contributed by atoms with Crippen molar-refractivity contribution < 1.29 is 0 Å². The molecule has 1 aliphatic carbocycles. The second kappa shape index (κ2) is 3.58. The fourth-order valence-corrected chi connectivity index (χ4v) is 1.78. The van der Waals surface area contributed by atoms with Crippen molar-refractivity contribution in [1.82, 2.24) is 10.2 Å². The molecule has 2 fully saturated rings. The summed E-state index contributed by atoms with van der Waals surface area (Å²) < 4.78 is 0. The number of nitrogens with one attached hydrogen (secondary N) is 1. The molecule has 0 unspecified atom stereocenters. The minimum absolute atomic E-state index is 0.875. The summed E-state index contributed by atoms with van der Waals surface area (Å²) >= 11 is 0. The summed E-state index contributed by atoms with van der Waals surface area (Å²) in [5.41, 5.74) is 1.47. The van der Waals surface area contributed by atoms with Crippen molar-refractivity contribution in [3.8, 4) is 0 Å². The van der Waals surface area contributed by atoms with Gasteiger partial charge in [0, 0.05) is 32.7 Å². The van der Waals surface area contributed by atoms with E-state index >= 15 is 0 Å². The first kappa shape index (κ1) is 8.27. The molecule has 2 heteroatoms. The highest BCUT2D eigenvalue weighted by Crippen LogP contribution is 2.35. The van der Waals surface area contributed by atoms with Crippen LogP contribution >= 0.6 is 0 Å². The molecule has 1 N–H and O–H groups in total. The van der Waals surface area contributed by atoms with Gasteiger partial charge in [0.2, 0.25) is 0 Å². The van der Waals surface area contributed by atoms with Gasteiger partial charge in [0.25, 0.3) is 0 Å². The maximum Gasteiger partial charge on any atom is 0.0194 e. The molecule has 1 aliphatic heterocycles. The van der Waals surface area contributed by atoms with Gasteiger partial charge in [-0.2, -0.15) is 0 Å². The van der Waals surface area contributed by atoms with E-state index in [0.717, 1.165) is 25.6 Å². The number of hydrogen-bond acceptors (Lipinski definition) is 2. The molecule has 0 amide bonds. The molecular formula is C10H18N2. The number of rotatable bonds is 3. The first-order valence-electron chi connectivity index (χ1n) is 4.97. The third-order valence-electron chi connectivity index (χ3n) is 2.79. The van der Waals surface area contributed by atoms with Crippen LogP contribution in [0.1, 0.15) is 12.8 Å². The van der Waals surface area contributed by atoms with E-state index in [9.17, 15) is 0 Å². The molecule has 12 heavy (non-hydrogen) atoms. The van der Waals surface area contributed by atoms with Gasteiger partial charge < -0.3 is 5.32 Å². The third-order valence-corrected chi connectivity index (χ3v) is 2.79. The summed E-state index contributed by atoms with van der Waals surface area (Å²) in [7, 11) is 0. The van der Waals surface area contributed by atoms with E-state index in [1.165, 1.54) is 31.5 Å². The van der Waals surface area contributed by atoms with E-state index in [4.69, 9.17) is 0 Å². The molecule has 68 valence electrons. The topological polar surface area (TPSA) is 15.3 Å². The van der Waals surface area contributed by atoms with Gasteiger partial charge in [0.1, 0.15) is 0 Å². The van der Waals surface area contributed by atoms with Crippen LogP contribution in [0.5, 0.6) is 0 Å². The van der Waals surface area contributed by atoms with E-state index in [1.807, 2.05) is 0 Å². The van der Waals surface area contributed by atoms with Gasteiger partial charge in [0.05, 0.1) is 0 Å². The lowest BCUT2D eigenvalue weighted by atomic mass is 10.2. The van der Waals surface area contributed by atoms with E-state index in [-0.39, 0.29) is 0 Å².